The van der Waals surface area contributed by atoms with Crippen molar-refractivity contribution in [3.8, 4) is 0 Å². The number of alkyl halides is 1. The molecule has 94 valence electrons. The fourth-order valence-corrected chi connectivity index (χ4v) is 1.56. The molecule has 0 bridgehead atoms. The molecule has 0 aromatic carbocycles. The lowest BCUT2D eigenvalue weighted by Gasteiger charge is -2.24. The van der Waals surface area contributed by atoms with Gasteiger partial charge in [0.15, 0.2) is 0 Å². The minimum Gasteiger partial charge on any atom is -0.389 e. The Kier molecular flexibility index (Phi) is 7.16. The number of halogens is 1. The van der Waals surface area contributed by atoms with Gasteiger partial charge in [0.25, 0.3) is 0 Å². The molecule has 1 N–H and O–H groups in total. The van der Waals surface area contributed by atoms with Gasteiger partial charge in [0.05, 0.1) is 5.60 Å². The van der Waals surface area contributed by atoms with Crippen LogP contribution in [0.4, 0.5) is 0 Å². The zero-order valence-electron chi connectivity index (χ0n) is 10.7. The summed E-state index contributed by atoms with van der Waals surface area (Å²) in [5, 5.41) is 9.74. The Morgan fingerprint density at radius 3 is 2.38 bits per heavy atom. The maximum absolute atomic E-state index is 10.8. The Labute approximate surface area is 107 Å². The normalized spacial score (nSPS) is 15.0. The van der Waals surface area contributed by atoms with E-state index >= 15 is 0 Å². The second-order valence-corrected chi connectivity index (χ2v) is 6.06. The number of hydrogen-bond acceptors (Lipinski definition) is 2. The van der Waals surface area contributed by atoms with Crippen molar-refractivity contribution in [2.75, 3.05) is 0 Å². The number of rotatable bonds is 7. The molecule has 2 nitrogen and oxygen atoms in total. The molecule has 0 aliphatic carbocycles. The van der Waals surface area contributed by atoms with E-state index in [0.29, 0.717) is 6.42 Å². The molecule has 0 radical (unpaired) electrons. The van der Waals surface area contributed by atoms with E-state index in [4.69, 9.17) is 0 Å². The van der Waals surface area contributed by atoms with Crippen LogP contribution < -0.4 is 0 Å². The summed E-state index contributed by atoms with van der Waals surface area (Å²) >= 11 is 3.49. The molecule has 0 aromatic rings. The maximum Gasteiger partial charge on any atom is 0.130 e. The van der Waals surface area contributed by atoms with Gasteiger partial charge in [0, 0.05) is 11.2 Å². The average molecular weight is 291 g/mol. The summed E-state index contributed by atoms with van der Waals surface area (Å²) in [6, 6.07) is 0. The summed E-state index contributed by atoms with van der Waals surface area (Å²) in [6.07, 6.45) is 5.44. The van der Waals surface area contributed by atoms with Crippen LogP contribution in [0.2, 0.25) is 0 Å². The molecule has 0 aromatic heterocycles. The molecule has 1 atom stereocenters. The lowest BCUT2D eigenvalue weighted by atomic mass is 9.99. The number of carbonyl (C=O) groups is 1. The summed E-state index contributed by atoms with van der Waals surface area (Å²) in [4.78, 5) is 10.9. The van der Waals surface area contributed by atoms with E-state index in [1.165, 1.54) is 5.57 Å². The number of Topliss-reactive ketones (excluding diaryl/α,β-unsaturated/α-hetero) is 1. The maximum atomic E-state index is 10.8. The van der Waals surface area contributed by atoms with Crippen LogP contribution in [-0.4, -0.2) is 21.3 Å². The highest BCUT2D eigenvalue weighted by Crippen LogP contribution is 2.23. The fraction of sp³-hybridized carbons (Fsp3) is 0.769. The molecule has 0 spiro atoms. The largest absolute Gasteiger partial charge is 0.389 e. The van der Waals surface area contributed by atoms with Gasteiger partial charge < -0.3 is 9.90 Å². The minimum atomic E-state index is -0.681. The van der Waals surface area contributed by atoms with Gasteiger partial charge in [0.1, 0.15) is 5.78 Å². The van der Waals surface area contributed by atoms with Crippen LogP contribution in [0.5, 0.6) is 0 Å². The topological polar surface area (TPSA) is 37.3 Å². The third kappa shape index (κ3) is 8.05. The third-order valence-electron chi connectivity index (χ3n) is 2.55. The van der Waals surface area contributed by atoms with Gasteiger partial charge in [-0.05, 0) is 47.0 Å². The first kappa shape index (κ1) is 15.9. The van der Waals surface area contributed by atoms with Gasteiger partial charge in [-0.2, -0.15) is 0 Å². The molecule has 16 heavy (non-hydrogen) atoms. The molecule has 0 fully saturated rings. The first-order valence-corrected chi connectivity index (χ1v) is 6.66. The zero-order chi connectivity index (χ0) is 12.8. The van der Waals surface area contributed by atoms with Crippen LogP contribution in [0, 0.1) is 0 Å². The van der Waals surface area contributed by atoms with Gasteiger partial charge in [-0.25, -0.2) is 0 Å². The van der Waals surface area contributed by atoms with Gasteiger partial charge in [-0.1, -0.05) is 27.6 Å². The molecule has 0 saturated carbocycles. The summed E-state index contributed by atoms with van der Waals surface area (Å²) in [5.74, 6) is 0.235. The lowest BCUT2D eigenvalue weighted by molar-refractivity contribution is -0.116. The van der Waals surface area contributed by atoms with Crippen molar-refractivity contribution in [1.29, 1.82) is 0 Å². The molecule has 0 saturated heterocycles. The van der Waals surface area contributed by atoms with Crippen LogP contribution in [-0.2, 0) is 4.79 Å². The number of ketones is 1. The second kappa shape index (κ2) is 7.23. The standard InChI is InChI=1S/C13H23BrO2/c1-10(6-5-7-11(2)15)8-9-12(14)13(3,4)16/h6,12,16H,5,7-9H2,1-4H3/b10-6+. The van der Waals surface area contributed by atoms with Crippen molar-refractivity contribution in [3.05, 3.63) is 11.6 Å². The average Bonchev–Trinajstić information content (AvgIpc) is 2.11. The minimum absolute atomic E-state index is 0.108. The highest BCUT2D eigenvalue weighted by atomic mass is 79.9. The van der Waals surface area contributed by atoms with Crippen molar-refractivity contribution in [3.63, 3.8) is 0 Å². The van der Waals surface area contributed by atoms with Crippen molar-refractivity contribution < 1.29 is 9.90 Å². The lowest BCUT2D eigenvalue weighted by Crippen LogP contribution is -2.31. The number of allylic oxidation sites excluding steroid dienone is 2. The Hall–Kier alpha value is -0.150. The van der Waals surface area contributed by atoms with Gasteiger partial charge in [-0.3, -0.25) is 0 Å². The third-order valence-corrected chi connectivity index (χ3v) is 4.13. The SMILES string of the molecule is CC(=O)CC/C=C(\C)CCC(Br)C(C)(C)O. The summed E-state index contributed by atoms with van der Waals surface area (Å²) < 4.78 is 0. The van der Waals surface area contributed by atoms with E-state index in [1.807, 2.05) is 0 Å². The van der Waals surface area contributed by atoms with E-state index in [-0.39, 0.29) is 10.6 Å². The van der Waals surface area contributed by atoms with Crippen LogP contribution in [0.3, 0.4) is 0 Å². The molecule has 3 heteroatoms. The summed E-state index contributed by atoms with van der Waals surface area (Å²) in [6.45, 7) is 7.30. The van der Waals surface area contributed by atoms with Crippen molar-refractivity contribution in [2.24, 2.45) is 0 Å². The van der Waals surface area contributed by atoms with Crippen molar-refractivity contribution >= 4 is 21.7 Å². The highest BCUT2D eigenvalue weighted by molar-refractivity contribution is 9.09. The predicted octanol–water partition coefficient (Wildman–Crippen LogP) is 3.62. The van der Waals surface area contributed by atoms with E-state index in [1.54, 1.807) is 20.8 Å². The van der Waals surface area contributed by atoms with Crippen LogP contribution in [0.25, 0.3) is 0 Å². The Bertz CT molecular complexity index is 251. The first-order valence-electron chi connectivity index (χ1n) is 5.75. The Balaban J connectivity index is 3.88. The Morgan fingerprint density at radius 1 is 1.38 bits per heavy atom. The number of aliphatic hydroxyl groups is 1. The predicted molar refractivity (Wildman–Crippen MR) is 71.9 cm³/mol. The van der Waals surface area contributed by atoms with E-state index < -0.39 is 5.60 Å². The van der Waals surface area contributed by atoms with Crippen molar-refractivity contribution in [2.45, 2.75) is 63.8 Å². The highest BCUT2D eigenvalue weighted by Gasteiger charge is 2.23. The van der Waals surface area contributed by atoms with E-state index in [2.05, 4.69) is 28.9 Å². The second-order valence-electron chi connectivity index (χ2n) is 4.95. The molecular formula is C13H23BrO2. The molecule has 0 aliphatic heterocycles. The van der Waals surface area contributed by atoms with Gasteiger partial charge in [0.2, 0.25) is 0 Å². The molecule has 1 unspecified atom stereocenters. The molecule has 0 aliphatic rings. The number of carbonyl (C=O) groups excluding carboxylic acids is 1. The molecule has 0 rings (SSSR count). The first-order chi connectivity index (χ1) is 7.23. The molecular weight excluding hydrogens is 268 g/mol. The summed E-state index contributed by atoms with van der Waals surface area (Å²) in [7, 11) is 0. The summed E-state index contributed by atoms with van der Waals surface area (Å²) in [5.41, 5.74) is 0.606. The Morgan fingerprint density at radius 2 is 1.94 bits per heavy atom. The monoisotopic (exact) mass is 290 g/mol. The van der Waals surface area contributed by atoms with Crippen molar-refractivity contribution in [1.82, 2.24) is 0 Å². The van der Waals surface area contributed by atoms with Crippen LogP contribution in [0.15, 0.2) is 11.6 Å². The van der Waals surface area contributed by atoms with Gasteiger partial charge >= 0.3 is 0 Å². The van der Waals surface area contributed by atoms with Gasteiger partial charge in [-0.15, -0.1) is 0 Å². The number of hydrogen-bond donors (Lipinski definition) is 1. The van der Waals surface area contributed by atoms with E-state index in [0.717, 1.165) is 19.3 Å². The smallest absolute Gasteiger partial charge is 0.130 e. The zero-order valence-corrected chi connectivity index (χ0v) is 12.3. The fourth-order valence-electron chi connectivity index (χ4n) is 1.33. The van der Waals surface area contributed by atoms with E-state index in [9.17, 15) is 9.90 Å². The van der Waals surface area contributed by atoms with Crippen LogP contribution >= 0.6 is 15.9 Å². The molecule has 0 amide bonds. The van der Waals surface area contributed by atoms with Crippen LogP contribution in [0.1, 0.15) is 53.4 Å². The quantitative estimate of drug-likeness (QED) is 0.574. The molecule has 0 heterocycles.